The van der Waals surface area contributed by atoms with Gasteiger partial charge in [-0.25, -0.2) is 4.98 Å². The van der Waals surface area contributed by atoms with Gasteiger partial charge in [0.1, 0.15) is 11.1 Å². The normalized spacial score (nSPS) is 14.0. The lowest BCUT2D eigenvalue weighted by Gasteiger charge is -1.90. The van der Waals surface area contributed by atoms with E-state index in [1.807, 2.05) is 18.2 Å². The first-order valence-electron chi connectivity index (χ1n) is 6.52. The maximum Gasteiger partial charge on any atom is 0.201 e. The SMILES string of the molecule is C=c1ccc2nc(=C3C(=O)c4ccccc4C3=O)[nH]c2c1. The van der Waals surface area contributed by atoms with Gasteiger partial charge in [0.25, 0.3) is 0 Å². The monoisotopic (exact) mass is 274 g/mol. The third-order valence-electron chi connectivity index (χ3n) is 3.65. The van der Waals surface area contributed by atoms with Crippen LogP contribution in [0.2, 0.25) is 0 Å². The molecule has 0 aliphatic heterocycles. The molecule has 1 heterocycles. The number of aromatic amines is 1. The summed E-state index contributed by atoms with van der Waals surface area (Å²) in [5, 5.41) is 0.843. The molecule has 2 aromatic carbocycles. The molecule has 1 aromatic heterocycles. The minimum absolute atomic E-state index is 0.109. The van der Waals surface area contributed by atoms with Gasteiger partial charge in [0, 0.05) is 11.1 Å². The predicted molar refractivity (Wildman–Crippen MR) is 79.4 cm³/mol. The molecule has 100 valence electrons. The molecule has 3 aromatic rings. The topological polar surface area (TPSA) is 62.8 Å². The van der Waals surface area contributed by atoms with E-state index in [2.05, 4.69) is 16.5 Å². The minimum atomic E-state index is -0.274. The van der Waals surface area contributed by atoms with Gasteiger partial charge in [-0.15, -0.1) is 0 Å². The van der Waals surface area contributed by atoms with Gasteiger partial charge >= 0.3 is 0 Å². The molecule has 0 saturated heterocycles. The zero-order valence-electron chi connectivity index (χ0n) is 11.0. The standard InChI is InChI=1S/C17H10N2O2/c1-9-6-7-12-13(8-9)19-17(18-12)14-15(20)10-4-2-3-5-11(10)16(14)21/h2-8,19H,1H2. The van der Waals surface area contributed by atoms with E-state index >= 15 is 0 Å². The van der Waals surface area contributed by atoms with E-state index in [1.54, 1.807) is 24.3 Å². The van der Waals surface area contributed by atoms with Crippen molar-refractivity contribution in [3.63, 3.8) is 0 Å². The lowest BCUT2D eigenvalue weighted by atomic mass is 10.1. The van der Waals surface area contributed by atoms with Crippen molar-refractivity contribution in [1.29, 1.82) is 0 Å². The Morgan fingerprint density at radius 2 is 1.62 bits per heavy atom. The van der Waals surface area contributed by atoms with Gasteiger partial charge in [-0.1, -0.05) is 36.9 Å². The molecule has 0 saturated carbocycles. The third kappa shape index (κ3) is 1.59. The van der Waals surface area contributed by atoms with Gasteiger partial charge in [-0.05, 0) is 17.4 Å². The molecule has 1 N–H and O–H groups in total. The highest BCUT2D eigenvalue weighted by molar-refractivity contribution is 6.55. The Morgan fingerprint density at radius 1 is 0.952 bits per heavy atom. The molecule has 1 aliphatic carbocycles. The number of rotatable bonds is 0. The Morgan fingerprint density at radius 3 is 2.29 bits per heavy atom. The second-order valence-corrected chi connectivity index (χ2v) is 5.02. The van der Waals surface area contributed by atoms with Crippen molar-refractivity contribution in [2.45, 2.75) is 0 Å². The average Bonchev–Trinajstić information content (AvgIpc) is 2.99. The van der Waals surface area contributed by atoms with Crippen LogP contribution in [0.3, 0.4) is 0 Å². The molecule has 4 heteroatoms. The number of Topliss-reactive ketones (excluding diaryl/α,β-unsaturated/α-hetero) is 2. The summed E-state index contributed by atoms with van der Waals surface area (Å²) in [4.78, 5) is 32.2. The fraction of sp³-hybridized carbons (Fsp3) is 0. The maximum absolute atomic E-state index is 12.4. The van der Waals surface area contributed by atoms with Gasteiger partial charge < -0.3 is 4.98 Å². The van der Waals surface area contributed by atoms with E-state index in [9.17, 15) is 9.59 Å². The van der Waals surface area contributed by atoms with E-state index in [0.29, 0.717) is 22.1 Å². The number of nitrogens with one attached hydrogen (secondary N) is 1. The van der Waals surface area contributed by atoms with Crippen molar-refractivity contribution < 1.29 is 9.59 Å². The molecule has 0 unspecified atom stereocenters. The largest absolute Gasteiger partial charge is 0.338 e. The van der Waals surface area contributed by atoms with Crippen LogP contribution in [-0.2, 0) is 0 Å². The van der Waals surface area contributed by atoms with E-state index in [0.717, 1.165) is 10.7 Å². The zero-order valence-corrected chi connectivity index (χ0v) is 11.0. The number of aromatic nitrogens is 2. The first-order chi connectivity index (χ1) is 10.1. The van der Waals surface area contributed by atoms with E-state index in [1.165, 1.54) is 0 Å². The first kappa shape index (κ1) is 11.8. The van der Waals surface area contributed by atoms with Crippen LogP contribution in [0.4, 0.5) is 0 Å². The second kappa shape index (κ2) is 3.99. The van der Waals surface area contributed by atoms with Crippen LogP contribution in [-0.4, -0.2) is 21.5 Å². The Kier molecular flexibility index (Phi) is 2.24. The zero-order chi connectivity index (χ0) is 14.6. The summed E-state index contributed by atoms with van der Waals surface area (Å²) in [6.07, 6.45) is 0. The summed E-state index contributed by atoms with van der Waals surface area (Å²) in [5.74, 6) is -0.547. The number of ketones is 2. The van der Waals surface area contributed by atoms with Crippen LogP contribution in [0.15, 0.2) is 42.5 Å². The fourth-order valence-corrected chi connectivity index (χ4v) is 2.64. The quantitative estimate of drug-likeness (QED) is 0.670. The molecule has 21 heavy (non-hydrogen) atoms. The predicted octanol–water partition coefficient (Wildman–Crippen LogP) is 1.20. The van der Waals surface area contributed by atoms with Crippen molar-refractivity contribution in [3.8, 4) is 0 Å². The molecule has 1 aliphatic rings. The van der Waals surface area contributed by atoms with Crippen molar-refractivity contribution in [2.75, 3.05) is 0 Å². The molecule has 4 nitrogen and oxygen atoms in total. The van der Waals surface area contributed by atoms with Gasteiger partial charge in [-0.3, -0.25) is 9.59 Å². The molecular weight excluding hydrogens is 264 g/mol. The summed E-state index contributed by atoms with van der Waals surface area (Å²) >= 11 is 0. The van der Waals surface area contributed by atoms with Gasteiger partial charge in [0.05, 0.1) is 11.0 Å². The molecule has 0 fully saturated rings. The number of imidazole rings is 1. The van der Waals surface area contributed by atoms with E-state index < -0.39 is 0 Å². The number of carbonyl (C=O) groups is 2. The van der Waals surface area contributed by atoms with Crippen molar-refractivity contribution in [3.05, 3.63) is 64.3 Å². The average molecular weight is 274 g/mol. The summed E-state index contributed by atoms with van der Waals surface area (Å²) in [6.45, 7) is 3.85. The maximum atomic E-state index is 12.4. The Hall–Kier alpha value is -3.01. The first-order valence-corrected chi connectivity index (χ1v) is 6.52. The van der Waals surface area contributed by atoms with E-state index in [-0.39, 0.29) is 17.1 Å². The molecule has 0 bridgehead atoms. The van der Waals surface area contributed by atoms with Crippen LogP contribution >= 0.6 is 0 Å². The molecule has 0 radical (unpaired) electrons. The highest BCUT2D eigenvalue weighted by Gasteiger charge is 2.34. The number of carbonyl (C=O) groups excluding carboxylic acids is 2. The summed E-state index contributed by atoms with van der Waals surface area (Å²) in [7, 11) is 0. The van der Waals surface area contributed by atoms with Crippen LogP contribution in [0.1, 0.15) is 20.7 Å². The molecule has 0 spiro atoms. The number of hydrogen-bond acceptors (Lipinski definition) is 3. The van der Waals surface area contributed by atoms with Crippen molar-refractivity contribution >= 4 is 34.8 Å². The minimum Gasteiger partial charge on any atom is -0.338 e. The van der Waals surface area contributed by atoms with Crippen LogP contribution in [0, 0.1) is 0 Å². The molecular formula is C17H10N2O2. The van der Waals surface area contributed by atoms with Crippen LogP contribution in [0.25, 0.3) is 23.2 Å². The highest BCUT2D eigenvalue weighted by atomic mass is 16.2. The number of benzene rings is 2. The lowest BCUT2D eigenvalue weighted by Crippen LogP contribution is -2.17. The van der Waals surface area contributed by atoms with Crippen molar-refractivity contribution in [2.24, 2.45) is 0 Å². The van der Waals surface area contributed by atoms with Crippen LogP contribution < -0.4 is 10.7 Å². The van der Waals surface area contributed by atoms with E-state index in [4.69, 9.17) is 0 Å². The lowest BCUT2D eigenvalue weighted by molar-refractivity contribution is 0.102. The number of H-pyrrole nitrogens is 1. The Balaban J connectivity index is 2.06. The summed E-state index contributed by atoms with van der Waals surface area (Å²) < 4.78 is 0. The molecule has 0 atom stereocenters. The smallest absolute Gasteiger partial charge is 0.201 e. The Bertz CT molecular complexity index is 1010. The Labute approximate surface area is 119 Å². The van der Waals surface area contributed by atoms with Crippen LogP contribution in [0.5, 0.6) is 0 Å². The molecule has 0 amide bonds. The number of hydrogen-bond donors (Lipinski definition) is 1. The summed E-state index contributed by atoms with van der Waals surface area (Å²) in [6, 6.07) is 12.3. The second-order valence-electron chi connectivity index (χ2n) is 5.02. The van der Waals surface area contributed by atoms with Gasteiger partial charge in [0.15, 0.2) is 0 Å². The highest BCUT2D eigenvalue weighted by Crippen LogP contribution is 2.25. The van der Waals surface area contributed by atoms with Gasteiger partial charge in [-0.2, -0.15) is 0 Å². The summed E-state index contributed by atoms with van der Waals surface area (Å²) in [5.41, 5.74) is 2.79. The third-order valence-corrected chi connectivity index (χ3v) is 3.65. The fourth-order valence-electron chi connectivity index (χ4n) is 2.64. The van der Waals surface area contributed by atoms with Gasteiger partial charge in [0.2, 0.25) is 11.6 Å². The van der Waals surface area contributed by atoms with Crippen molar-refractivity contribution in [1.82, 2.24) is 9.97 Å². The number of nitrogens with zero attached hydrogens (tertiary/aromatic N) is 1. The number of fused-ring (bicyclic) bond motifs is 2. The molecule has 4 rings (SSSR count).